The zero-order valence-electron chi connectivity index (χ0n) is 19.6. The zero-order chi connectivity index (χ0) is 24.3. The van der Waals surface area contributed by atoms with Gasteiger partial charge in [-0.05, 0) is 39.0 Å². The van der Waals surface area contributed by atoms with Gasteiger partial charge in [-0.25, -0.2) is 4.79 Å². The van der Waals surface area contributed by atoms with E-state index >= 15 is 0 Å². The van der Waals surface area contributed by atoms with Crippen LogP contribution < -0.4 is 0 Å². The fourth-order valence-electron chi connectivity index (χ4n) is 4.30. The molecule has 3 atom stereocenters. The van der Waals surface area contributed by atoms with Crippen molar-refractivity contribution in [3.8, 4) is 0 Å². The van der Waals surface area contributed by atoms with Gasteiger partial charge in [0.25, 0.3) is 5.60 Å². The van der Waals surface area contributed by atoms with Gasteiger partial charge in [-0.15, -0.1) is 0 Å². The summed E-state index contributed by atoms with van der Waals surface area (Å²) >= 11 is 0. The highest BCUT2D eigenvalue weighted by molar-refractivity contribution is 5.83. The van der Waals surface area contributed by atoms with Crippen LogP contribution >= 0.6 is 0 Å². The number of methoxy groups -OCH3 is 1. The van der Waals surface area contributed by atoms with Gasteiger partial charge in [0.15, 0.2) is 5.79 Å². The summed E-state index contributed by atoms with van der Waals surface area (Å²) < 4.78 is 65.0. The van der Waals surface area contributed by atoms with Crippen molar-refractivity contribution in [2.75, 3.05) is 20.3 Å². The molecule has 3 rings (SSSR count). The predicted octanol–water partition coefficient (Wildman–Crippen LogP) is 5.54. The van der Waals surface area contributed by atoms with Crippen LogP contribution in [-0.4, -0.2) is 44.4 Å². The van der Waals surface area contributed by atoms with E-state index in [2.05, 4.69) is 13.0 Å². The fourth-order valence-corrected chi connectivity index (χ4v) is 4.30. The van der Waals surface area contributed by atoms with E-state index < -0.39 is 35.6 Å². The Bertz CT molecular complexity index is 826. The first kappa shape index (κ1) is 25.7. The summed E-state index contributed by atoms with van der Waals surface area (Å²) in [6, 6.07) is 6.86. The highest BCUT2D eigenvalue weighted by atomic mass is 19.4. The Morgan fingerprint density at radius 2 is 1.82 bits per heavy atom. The van der Waals surface area contributed by atoms with Gasteiger partial charge in [0.1, 0.15) is 6.10 Å². The number of esters is 1. The molecule has 2 aliphatic rings. The van der Waals surface area contributed by atoms with Crippen LogP contribution in [0.4, 0.5) is 13.2 Å². The third-order valence-electron chi connectivity index (χ3n) is 6.48. The van der Waals surface area contributed by atoms with E-state index in [1.807, 2.05) is 0 Å². The normalized spacial score (nSPS) is 24.5. The number of allylic oxidation sites excluding steroid dienone is 1. The zero-order valence-corrected chi connectivity index (χ0v) is 19.6. The molecule has 33 heavy (non-hydrogen) atoms. The SMILES string of the molecule is CO[C@](C(=O)O[C@H](CC1=CC[C@H](C)CC1)C1COC(C)(C)OC1)(c1ccccc1)C(F)(F)F. The summed E-state index contributed by atoms with van der Waals surface area (Å²) in [6.07, 6.45) is -0.708. The van der Waals surface area contributed by atoms with E-state index in [0.29, 0.717) is 12.3 Å². The summed E-state index contributed by atoms with van der Waals surface area (Å²) in [5.41, 5.74) is -2.48. The Morgan fingerprint density at radius 3 is 2.33 bits per heavy atom. The lowest BCUT2D eigenvalue weighted by atomic mass is 9.86. The number of ether oxygens (including phenoxy) is 4. The molecule has 1 aromatic carbocycles. The Kier molecular flexibility index (Phi) is 7.91. The maximum Gasteiger partial charge on any atom is 0.432 e. The van der Waals surface area contributed by atoms with Crippen molar-refractivity contribution in [1.82, 2.24) is 0 Å². The minimum absolute atomic E-state index is 0.214. The van der Waals surface area contributed by atoms with E-state index in [1.54, 1.807) is 19.9 Å². The number of benzene rings is 1. The van der Waals surface area contributed by atoms with Crippen LogP contribution in [0.5, 0.6) is 0 Å². The molecule has 1 saturated heterocycles. The Balaban J connectivity index is 1.90. The van der Waals surface area contributed by atoms with Gasteiger partial charge in [-0.2, -0.15) is 13.2 Å². The average molecular weight is 471 g/mol. The predicted molar refractivity (Wildman–Crippen MR) is 116 cm³/mol. The molecule has 1 aliphatic heterocycles. The Morgan fingerprint density at radius 1 is 1.18 bits per heavy atom. The van der Waals surface area contributed by atoms with Crippen LogP contribution in [-0.2, 0) is 29.3 Å². The summed E-state index contributed by atoms with van der Waals surface area (Å²) in [4.78, 5) is 13.2. The van der Waals surface area contributed by atoms with Crippen molar-refractivity contribution < 1.29 is 36.9 Å². The molecule has 0 saturated carbocycles. The number of rotatable bonds is 7. The monoisotopic (exact) mass is 470 g/mol. The second kappa shape index (κ2) is 10.2. The van der Waals surface area contributed by atoms with Crippen molar-refractivity contribution in [2.24, 2.45) is 11.8 Å². The van der Waals surface area contributed by atoms with Crippen molar-refractivity contribution in [3.05, 3.63) is 47.5 Å². The first-order valence-electron chi connectivity index (χ1n) is 11.3. The first-order chi connectivity index (χ1) is 15.5. The second-order valence-electron chi connectivity index (χ2n) is 9.42. The molecule has 1 fully saturated rings. The lowest BCUT2D eigenvalue weighted by Crippen LogP contribution is -2.54. The van der Waals surface area contributed by atoms with Crippen LogP contribution in [0, 0.1) is 11.8 Å². The molecular weight excluding hydrogens is 437 g/mol. The lowest BCUT2D eigenvalue weighted by molar-refractivity contribution is -0.288. The molecule has 0 spiro atoms. The maximum absolute atomic E-state index is 14.3. The van der Waals surface area contributed by atoms with Gasteiger partial charge in [0.05, 0.1) is 13.2 Å². The molecule has 0 aromatic heterocycles. The van der Waals surface area contributed by atoms with Gasteiger partial charge in [-0.1, -0.05) is 48.9 Å². The number of hydrogen-bond acceptors (Lipinski definition) is 5. The summed E-state index contributed by atoms with van der Waals surface area (Å²) in [7, 11) is 0.872. The molecule has 8 heteroatoms. The minimum Gasteiger partial charge on any atom is -0.459 e. The van der Waals surface area contributed by atoms with Gasteiger partial charge in [-0.3, -0.25) is 0 Å². The molecule has 0 amide bonds. The van der Waals surface area contributed by atoms with Crippen molar-refractivity contribution >= 4 is 5.97 Å². The van der Waals surface area contributed by atoms with Crippen molar-refractivity contribution in [2.45, 2.75) is 70.1 Å². The van der Waals surface area contributed by atoms with Crippen LogP contribution in [0.15, 0.2) is 42.0 Å². The van der Waals surface area contributed by atoms with Gasteiger partial charge >= 0.3 is 12.1 Å². The van der Waals surface area contributed by atoms with Gasteiger partial charge < -0.3 is 18.9 Å². The molecule has 0 unspecified atom stereocenters. The molecule has 0 N–H and O–H groups in total. The third-order valence-corrected chi connectivity index (χ3v) is 6.48. The van der Waals surface area contributed by atoms with Gasteiger partial charge in [0, 0.05) is 25.0 Å². The quantitative estimate of drug-likeness (QED) is 0.387. The second-order valence-corrected chi connectivity index (χ2v) is 9.42. The van der Waals surface area contributed by atoms with Crippen LogP contribution in [0.2, 0.25) is 0 Å². The lowest BCUT2D eigenvalue weighted by Gasteiger charge is -2.40. The van der Waals surface area contributed by atoms with E-state index in [4.69, 9.17) is 18.9 Å². The number of carbonyl (C=O) groups excluding carboxylic acids is 1. The van der Waals surface area contributed by atoms with Crippen LogP contribution in [0.3, 0.4) is 0 Å². The third kappa shape index (κ3) is 5.78. The molecule has 5 nitrogen and oxygen atoms in total. The standard InChI is InChI=1S/C25H33F3O5/c1-17-10-12-18(13-11-17)14-21(19-15-31-23(2,3)32-16-19)33-22(29)24(30-4,25(26,27)28)20-8-6-5-7-9-20/h5-9,12,17,19,21H,10-11,13-16H2,1-4H3/t17-,21+,24-/m0/s1. The minimum atomic E-state index is -5.02. The summed E-state index contributed by atoms with van der Waals surface area (Å²) in [5, 5.41) is 0. The molecule has 0 bridgehead atoms. The number of carbonyl (C=O) groups is 1. The maximum atomic E-state index is 14.3. The highest BCUT2D eigenvalue weighted by Gasteiger charge is 2.64. The topological polar surface area (TPSA) is 54.0 Å². The molecule has 1 heterocycles. The van der Waals surface area contributed by atoms with E-state index in [-0.39, 0.29) is 18.8 Å². The van der Waals surface area contributed by atoms with Crippen molar-refractivity contribution in [1.29, 1.82) is 0 Å². The largest absolute Gasteiger partial charge is 0.459 e. The van der Waals surface area contributed by atoms with Gasteiger partial charge in [0.2, 0.25) is 0 Å². The average Bonchev–Trinajstić information content (AvgIpc) is 2.75. The number of halogens is 3. The Labute approximate surface area is 193 Å². The van der Waals surface area contributed by atoms with Crippen molar-refractivity contribution in [3.63, 3.8) is 0 Å². The smallest absolute Gasteiger partial charge is 0.432 e. The molecular formula is C25H33F3O5. The van der Waals surface area contributed by atoms with Crippen LogP contribution in [0.1, 0.15) is 52.0 Å². The number of hydrogen-bond donors (Lipinski definition) is 0. The fraction of sp³-hybridized carbons (Fsp3) is 0.640. The summed E-state index contributed by atoms with van der Waals surface area (Å²) in [5.74, 6) is -2.12. The Hall–Kier alpha value is -1.90. The molecule has 1 aliphatic carbocycles. The first-order valence-corrected chi connectivity index (χ1v) is 11.3. The molecule has 0 radical (unpaired) electrons. The van der Waals surface area contributed by atoms with E-state index in [9.17, 15) is 18.0 Å². The van der Waals surface area contributed by atoms with Crippen LogP contribution in [0.25, 0.3) is 0 Å². The summed E-state index contributed by atoms with van der Waals surface area (Å²) in [6.45, 7) is 6.12. The van der Waals surface area contributed by atoms with E-state index in [1.165, 1.54) is 24.3 Å². The highest BCUT2D eigenvalue weighted by Crippen LogP contribution is 2.44. The molecule has 1 aromatic rings. The molecule has 184 valence electrons. The van der Waals surface area contributed by atoms with E-state index in [0.717, 1.165) is 31.9 Å². The number of alkyl halides is 3.